The first-order valence-electron chi connectivity index (χ1n) is 5.04. The van der Waals surface area contributed by atoms with Crippen LogP contribution in [0.4, 0.5) is 0 Å². The van der Waals surface area contributed by atoms with Crippen LogP contribution in [0.15, 0.2) is 35.5 Å². The van der Waals surface area contributed by atoms with Crippen molar-refractivity contribution < 1.29 is 0 Å². The zero-order chi connectivity index (χ0) is 12.1. The van der Waals surface area contributed by atoms with E-state index in [-0.39, 0.29) is 0 Å². The smallest absolute Gasteiger partial charge is 0.210 e. The Bertz CT molecular complexity index is 529. The lowest BCUT2D eigenvalue weighted by molar-refractivity contribution is 0.806. The molecule has 0 aliphatic heterocycles. The first-order chi connectivity index (χ1) is 8.31. The second-order valence-electron chi connectivity index (χ2n) is 3.38. The van der Waals surface area contributed by atoms with Gasteiger partial charge >= 0.3 is 0 Å². The van der Waals surface area contributed by atoms with Crippen LogP contribution in [0.2, 0.25) is 0 Å². The molecule has 2 N–H and O–H groups in total. The molecule has 0 aliphatic carbocycles. The molecule has 0 bridgehead atoms. The predicted octanol–water partition coefficient (Wildman–Crippen LogP) is 1.20. The molecule has 5 nitrogen and oxygen atoms in total. The maximum absolute atomic E-state index is 8.49. The van der Waals surface area contributed by atoms with Crippen molar-refractivity contribution in [3.63, 3.8) is 0 Å². The Morgan fingerprint density at radius 3 is 2.76 bits per heavy atom. The van der Waals surface area contributed by atoms with E-state index in [1.165, 1.54) is 16.4 Å². The van der Waals surface area contributed by atoms with Crippen molar-refractivity contribution in [1.29, 1.82) is 5.26 Å². The lowest BCUT2D eigenvalue weighted by Gasteiger charge is -2.02. The molecule has 0 atom stereocenters. The van der Waals surface area contributed by atoms with Gasteiger partial charge in [0.05, 0.1) is 11.8 Å². The fourth-order valence-corrected chi connectivity index (χ4v) is 1.94. The number of thioether (sulfide) groups is 1. The molecule has 86 valence electrons. The zero-order valence-electron chi connectivity index (χ0n) is 9.08. The van der Waals surface area contributed by atoms with Gasteiger partial charge in [-0.05, 0) is 5.56 Å². The maximum Gasteiger partial charge on any atom is 0.210 e. The van der Waals surface area contributed by atoms with E-state index in [9.17, 15) is 0 Å². The minimum Gasteiger partial charge on any atom is -0.336 e. The average Bonchev–Trinajstić information content (AvgIpc) is 2.70. The van der Waals surface area contributed by atoms with Gasteiger partial charge in [0.15, 0.2) is 5.82 Å². The molecule has 1 heterocycles. The molecular formula is C11H11N5S. The molecule has 1 aromatic carbocycles. The summed E-state index contributed by atoms with van der Waals surface area (Å²) in [6, 6.07) is 12.0. The monoisotopic (exact) mass is 245 g/mol. The summed E-state index contributed by atoms with van der Waals surface area (Å²) in [6.07, 6.45) is 0.636. The molecule has 6 heteroatoms. The molecule has 0 aliphatic rings. The zero-order valence-corrected chi connectivity index (χ0v) is 9.89. The molecule has 0 unspecified atom stereocenters. The molecule has 0 saturated carbocycles. The molecule has 2 rings (SSSR count). The summed E-state index contributed by atoms with van der Waals surface area (Å²) in [5.74, 6) is 6.86. The van der Waals surface area contributed by atoms with Crippen molar-refractivity contribution >= 4 is 11.8 Å². The van der Waals surface area contributed by atoms with Crippen molar-refractivity contribution in [3.05, 3.63) is 41.7 Å². The molecule has 0 spiro atoms. The molecular weight excluding hydrogens is 234 g/mol. The van der Waals surface area contributed by atoms with Crippen molar-refractivity contribution in [2.45, 2.75) is 11.6 Å². The summed E-state index contributed by atoms with van der Waals surface area (Å²) < 4.78 is 1.44. The summed E-state index contributed by atoms with van der Waals surface area (Å²) in [5, 5.41) is 17.0. The van der Waals surface area contributed by atoms with Crippen LogP contribution in [-0.2, 0) is 6.42 Å². The Hall–Kier alpha value is -2.00. The van der Waals surface area contributed by atoms with E-state index >= 15 is 0 Å². The minimum absolute atomic E-state index is 0.320. The Morgan fingerprint density at radius 2 is 2.06 bits per heavy atom. The third-order valence-electron chi connectivity index (χ3n) is 2.21. The second kappa shape index (κ2) is 5.37. The average molecular weight is 245 g/mol. The predicted molar refractivity (Wildman–Crippen MR) is 65.8 cm³/mol. The molecule has 0 saturated heterocycles. The number of rotatable bonds is 4. The highest BCUT2D eigenvalue weighted by Gasteiger charge is 2.10. The van der Waals surface area contributed by atoms with E-state index in [1.54, 1.807) is 0 Å². The summed E-state index contributed by atoms with van der Waals surface area (Å²) in [7, 11) is 0. The second-order valence-corrected chi connectivity index (χ2v) is 4.32. The van der Waals surface area contributed by atoms with E-state index < -0.39 is 0 Å². The topological polar surface area (TPSA) is 80.5 Å². The van der Waals surface area contributed by atoms with Gasteiger partial charge in [-0.1, -0.05) is 42.1 Å². The summed E-state index contributed by atoms with van der Waals surface area (Å²) >= 11 is 1.28. The number of hydrogen-bond acceptors (Lipinski definition) is 5. The largest absolute Gasteiger partial charge is 0.336 e. The van der Waals surface area contributed by atoms with Crippen LogP contribution in [0, 0.1) is 11.3 Å². The SMILES string of the molecule is N#CCSc1nnc(Cc2ccccc2)n1N. The lowest BCUT2D eigenvalue weighted by atomic mass is 10.1. The van der Waals surface area contributed by atoms with Crippen molar-refractivity contribution in [2.24, 2.45) is 0 Å². The molecule has 0 fully saturated rings. The van der Waals surface area contributed by atoms with Crippen molar-refractivity contribution in [1.82, 2.24) is 14.9 Å². The Labute approximate surface area is 103 Å². The van der Waals surface area contributed by atoms with Crippen molar-refractivity contribution in [3.8, 4) is 6.07 Å². The van der Waals surface area contributed by atoms with E-state index in [0.29, 0.717) is 23.2 Å². The van der Waals surface area contributed by atoms with Gasteiger partial charge < -0.3 is 5.84 Å². The maximum atomic E-state index is 8.49. The lowest BCUT2D eigenvalue weighted by Crippen LogP contribution is -2.14. The van der Waals surface area contributed by atoms with Gasteiger partial charge in [-0.3, -0.25) is 0 Å². The van der Waals surface area contributed by atoms with Gasteiger partial charge in [0, 0.05) is 6.42 Å². The van der Waals surface area contributed by atoms with Crippen LogP contribution in [0.5, 0.6) is 0 Å². The van der Waals surface area contributed by atoms with Crippen LogP contribution in [0.3, 0.4) is 0 Å². The van der Waals surface area contributed by atoms with Gasteiger partial charge in [-0.2, -0.15) is 5.26 Å². The number of aromatic nitrogens is 3. The minimum atomic E-state index is 0.320. The first-order valence-corrected chi connectivity index (χ1v) is 6.03. The molecule has 0 amide bonds. The Morgan fingerprint density at radius 1 is 1.29 bits per heavy atom. The van der Waals surface area contributed by atoms with Gasteiger partial charge in [-0.25, -0.2) is 4.68 Å². The van der Waals surface area contributed by atoms with Crippen LogP contribution in [0.1, 0.15) is 11.4 Å². The molecule has 2 aromatic rings. The number of benzene rings is 1. The van der Waals surface area contributed by atoms with Gasteiger partial charge in [0.25, 0.3) is 0 Å². The Kier molecular flexibility index (Phi) is 3.62. The fraction of sp³-hybridized carbons (Fsp3) is 0.182. The van der Waals surface area contributed by atoms with E-state index in [0.717, 1.165) is 5.56 Å². The molecule has 0 radical (unpaired) electrons. The fourth-order valence-electron chi connectivity index (χ4n) is 1.40. The molecule has 1 aromatic heterocycles. The van der Waals surface area contributed by atoms with Crippen LogP contribution < -0.4 is 5.84 Å². The van der Waals surface area contributed by atoms with Crippen LogP contribution in [0.25, 0.3) is 0 Å². The number of nitrogens with two attached hydrogens (primary N) is 1. The summed E-state index contributed by atoms with van der Waals surface area (Å²) in [4.78, 5) is 0. The number of nitrogens with zero attached hydrogens (tertiary/aromatic N) is 4. The summed E-state index contributed by atoms with van der Waals surface area (Å²) in [6.45, 7) is 0. The quantitative estimate of drug-likeness (QED) is 0.646. The highest BCUT2D eigenvalue weighted by Crippen LogP contribution is 2.15. The Balaban J connectivity index is 2.13. The number of hydrogen-bond donors (Lipinski definition) is 1. The number of nitriles is 1. The van der Waals surface area contributed by atoms with Crippen LogP contribution in [-0.4, -0.2) is 20.6 Å². The molecule has 17 heavy (non-hydrogen) atoms. The first kappa shape index (κ1) is 11.5. The van der Waals surface area contributed by atoms with E-state index in [4.69, 9.17) is 11.1 Å². The van der Waals surface area contributed by atoms with Gasteiger partial charge in [0.2, 0.25) is 5.16 Å². The van der Waals surface area contributed by atoms with Crippen LogP contribution >= 0.6 is 11.8 Å². The normalized spacial score (nSPS) is 10.1. The van der Waals surface area contributed by atoms with Gasteiger partial charge in [0.1, 0.15) is 0 Å². The standard InChI is InChI=1S/C11H11N5S/c12-6-7-17-11-15-14-10(16(11)13)8-9-4-2-1-3-5-9/h1-5H,7-8,13H2. The summed E-state index contributed by atoms with van der Waals surface area (Å²) in [5.41, 5.74) is 1.13. The third kappa shape index (κ3) is 2.77. The van der Waals surface area contributed by atoms with E-state index in [2.05, 4.69) is 10.2 Å². The van der Waals surface area contributed by atoms with Crippen molar-refractivity contribution in [2.75, 3.05) is 11.6 Å². The van der Waals surface area contributed by atoms with E-state index in [1.807, 2.05) is 36.4 Å². The highest BCUT2D eigenvalue weighted by atomic mass is 32.2. The third-order valence-corrected chi connectivity index (χ3v) is 3.02. The number of nitrogen functional groups attached to an aromatic ring is 1. The highest BCUT2D eigenvalue weighted by molar-refractivity contribution is 7.99. The van der Waals surface area contributed by atoms with Gasteiger partial charge in [-0.15, -0.1) is 10.2 Å².